The predicted molar refractivity (Wildman–Crippen MR) is 85.9 cm³/mol. The fourth-order valence-electron chi connectivity index (χ4n) is 3.19. The first-order valence-corrected chi connectivity index (χ1v) is 8.91. The Morgan fingerprint density at radius 2 is 2.18 bits per heavy atom. The number of aromatic nitrogens is 1. The van der Waals surface area contributed by atoms with Crippen LogP contribution in [0.5, 0.6) is 0 Å². The van der Waals surface area contributed by atoms with E-state index in [1.807, 2.05) is 10.3 Å². The summed E-state index contributed by atoms with van der Waals surface area (Å²) in [4.78, 5) is 21.6. The van der Waals surface area contributed by atoms with E-state index in [1.165, 1.54) is 17.8 Å². The van der Waals surface area contributed by atoms with E-state index in [9.17, 15) is 4.79 Å². The minimum absolute atomic E-state index is 0.0638. The highest BCUT2D eigenvalue weighted by atomic mass is 32.1. The lowest BCUT2D eigenvalue weighted by Gasteiger charge is -2.39. The van der Waals surface area contributed by atoms with Crippen molar-refractivity contribution in [1.82, 2.24) is 14.8 Å². The van der Waals surface area contributed by atoms with E-state index in [4.69, 9.17) is 10.5 Å². The molecule has 1 atom stereocenters. The molecule has 2 N–H and O–H groups in total. The molecule has 2 aliphatic rings. The van der Waals surface area contributed by atoms with Crippen LogP contribution in [0.15, 0.2) is 5.38 Å². The molecule has 0 spiro atoms. The van der Waals surface area contributed by atoms with Crippen molar-refractivity contribution in [1.29, 1.82) is 0 Å². The number of nitrogens with zero attached hydrogens (tertiary/aromatic N) is 3. The predicted octanol–water partition coefficient (Wildman–Crippen LogP) is 0.929. The summed E-state index contributed by atoms with van der Waals surface area (Å²) >= 11 is 1.47. The zero-order valence-electron chi connectivity index (χ0n) is 12.9. The van der Waals surface area contributed by atoms with Crippen LogP contribution in [0, 0.1) is 0 Å². The SMILES string of the molecule is NCc1nc(C(=O)N2CCCC[C@H]2CN2CCOCC2)cs1. The molecule has 3 heterocycles. The van der Waals surface area contributed by atoms with Crippen LogP contribution >= 0.6 is 11.3 Å². The fourth-order valence-corrected chi connectivity index (χ4v) is 3.84. The molecule has 2 saturated heterocycles. The third kappa shape index (κ3) is 3.65. The summed E-state index contributed by atoms with van der Waals surface area (Å²) in [7, 11) is 0. The highest BCUT2D eigenvalue weighted by Crippen LogP contribution is 2.22. The van der Waals surface area contributed by atoms with Gasteiger partial charge in [-0.15, -0.1) is 11.3 Å². The minimum Gasteiger partial charge on any atom is -0.379 e. The van der Waals surface area contributed by atoms with Crippen molar-refractivity contribution in [2.45, 2.75) is 31.8 Å². The number of hydrogen-bond acceptors (Lipinski definition) is 6. The number of amides is 1. The molecule has 0 radical (unpaired) electrons. The Bertz CT molecular complexity index is 501. The number of morpholine rings is 1. The van der Waals surface area contributed by atoms with Crippen LogP contribution in [0.2, 0.25) is 0 Å². The second-order valence-corrected chi connectivity index (χ2v) is 6.83. The number of carbonyl (C=O) groups excluding carboxylic acids is 1. The first-order chi connectivity index (χ1) is 10.8. The van der Waals surface area contributed by atoms with Gasteiger partial charge in [-0.25, -0.2) is 4.98 Å². The topological polar surface area (TPSA) is 71.7 Å². The van der Waals surface area contributed by atoms with E-state index < -0.39 is 0 Å². The molecule has 1 aromatic heterocycles. The van der Waals surface area contributed by atoms with Crippen LogP contribution < -0.4 is 5.73 Å². The summed E-state index contributed by atoms with van der Waals surface area (Å²) in [6.07, 6.45) is 3.36. The van der Waals surface area contributed by atoms with Gasteiger partial charge in [-0.3, -0.25) is 9.69 Å². The van der Waals surface area contributed by atoms with Gasteiger partial charge >= 0.3 is 0 Å². The first kappa shape index (κ1) is 15.9. The van der Waals surface area contributed by atoms with Gasteiger partial charge in [0.25, 0.3) is 5.91 Å². The highest BCUT2D eigenvalue weighted by molar-refractivity contribution is 7.09. The Hall–Kier alpha value is -1.02. The van der Waals surface area contributed by atoms with E-state index in [0.29, 0.717) is 18.3 Å². The first-order valence-electron chi connectivity index (χ1n) is 8.03. The van der Waals surface area contributed by atoms with Crippen molar-refractivity contribution in [3.63, 3.8) is 0 Å². The average Bonchev–Trinajstić information content (AvgIpc) is 3.05. The van der Waals surface area contributed by atoms with Crippen LogP contribution in [0.3, 0.4) is 0 Å². The largest absolute Gasteiger partial charge is 0.379 e. The maximum atomic E-state index is 12.8. The lowest BCUT2D eigenvalue weighted by molar-refractivity contribution is 0.0165. The molecule has 22 heavy (non-hydrogen) atoms. The standard InChI is InChI=1S/C15H24N4O2S/c16-9-14-17-13(11-22-14)15(20)19-4-2-1-3-12(19)10-18-5-7-21-8-6-18/h11-12H,1-10,16H2/t12-/m0/s1. The lowest BCUT2D eigenvalue weighted by Crippen LogP contribution is -2.51. The lowest BCUT2D eigenvalue weighted by atomic mass is 10.0. The monoisotopic (exact) mass is 324 g/mol. The van der Waals surface area contributed by atoms with E-state index in [2.05, 4.69) is 9.88 Å². The number of ether oxygens (including phenoxy) is 1. The molecule has 0 aromatic carbocycles. The number of hydrogen-bond donors (Lipinski definition) is 1. The Kier molecular flexibility index (Phi) is 5.41. The van der Waals surface area contributed by atoms with Crippen molar-refractivity contribution >= 4 is 17.2 Å². The molecule has 122 valence electrons. The molecule has 2 aliphatic heterocycles. The second-order valence-electron chi connectivity index (χ2n) is 5.89. The molecular weight excluding hydrogens is 300 g/mol. The maximum absolute atomic E-state index is 12.8. The maximum Gasteiger partial charge on any atom is 0.273 e. The van der Waals surface area contributed by atoms with Crippen molar-refractivity contribution in [2.75, 3.05) is 39.4 Å². The van der Waals surface area contributed by atoms with Gasteiger partial charge in [-0.05, 0) is 19.3 Å². The molecule has 1 amide bonds. The zero-order valence-corrected chi connectivity index (χ0v) is 13.7. The van der Waals surface area contributed by atoms with Gasteiger partial charge in [0, 0.05) is 44.1 Å². The molecule has 1 aromatic rings. The molecule has 6 nitrogen and oxygen atoms in total. The number of rotatable bonds is 4. The molecule has 0 aliphatic carbocycles. The summed E-state index contributed by atoms with van der Waals surface area (Å²) < 4.78 is 5.40. The molecule has 0 saturated carbocycles. The molecular formula is C15H24N4O2S. The van der Waals surface area contributed by atoms with Gasteiger partial charge < -0.3 is 15.4 Å². The van der Waals surface area contributed by atoms with Crippen molar-refractivity contribution in [2.24, 2.45) is 5.73 Å². The highest BCUT2D eigenvalue weighted by Gasteiger charge is 2.30. The second kappa shape index (κ2) is 7.50. The van der Waals surface area contributed by atoms with E-state index in [-0.39, 0.29) is 5.91 Å². The van der Waals surface area contributed by atoms with Crippen LogP contribution in [0.1, 0.15) is 34.8 Å². The normalized spacial score (nSPS) is 23.7. The Morgan fingerprint density at radius 1 is 1.36 bits per heavy atom. The van der Waals surface area contributed by atoms with Crippen LogP contribution in [-0.2, 0) is 11.3 Å². The summed E-state index contributed by atoms with van der Waals surface area (Å²) in [5.41, 5.74) is 6.15. The van der Waals surface area contributed by atoms with Crippen molar-refractivity contribution in [3.8, 4) is 0 Å². The zero-order chi connectivity index (χ0) is 15.4. The van der Waals surface area contributed by atoms with Gasteiger partial charge in [0.15, 0.2) is 0 Å². The Morgan fingerprint density at radius 3 is 2.91 bits per heavy atom. The molecule has 0 unspecified atom stereocenters. The Labute approximate surface area is 135 Å². The van der Waals surface area contributed by atoms with Gasteiger partial charge in [-0.2, -0.15) is 0 Å². The number of carbonyl (C=O) groups is 1. The third-order valence-electron chi connectivity index (χ3n) is 4.41. The number of thiazole rings is 1. The number of likely N-dealkylation sites (tertiary alicyclic amines) is 1. The van der Waals surface area contributed by atoms with E-state index in [0.717, 1.165) is 57.2 Å². The summed E-state index contributed by atoms with van der Waals surface area (Å²) in [6, 6.07) is 0.294. The van der Waals surface area contributed by atoms with Crippen LogP contribution in [0.4, 0.5) is 0 Å². The van der Waals surface area contributed by atoms with E-state index >= 15 is 0 Å². The fraction of sp³-hybridized carbons (Fsp3) is 0.733. The van der Waals surface area contributed by atoms with Gasteiger partial charge in [0.05, 0.1) is 13.2 Å². The van der Waals surface area contributed by atoms with Gasteiger partial charge in [0.1, 0.15) is 10.7 Å². The average molecular weight is 324 g/mol. The quantitative estimate of drug-likeness (QED) is 0.892. The molecule has 0 bridgehead atoms. The summed E-state index contributed by atoms with van der Waals surface area (Å²) in [5.74, 6) is 0.0638. The number of piperidine rings is 1. The van der Waals surface area contributed by atoms with Gasteiger partial charge in [-0.1, -0.05) is 0 Å². The number of nitrogens with two attached hydrogens (primary N) is 1. The summed E-state index contributed by atoms with van der Waals surface area (Å²) in [6.45, 7) is 5.71. The third-order valence-corrected chi connectivity index (χ3v) is 5.28. The van der Waals surface area contributed by atoms with Crippen molar-refractivity contribution in [3.05, 3.63) is 16.1 Å². The summed E-state index contributed by atoms with van der Waals surface area (Å²) in [5, 5.41) is 2.66. The van der Waals surface area contributed by atoms with E-state index in [1.54, 1.807) is 0 Å². The molecule has 3 rings (SSSR count). The molecule has 7 heteroatoms. The minimum atomic E-state index is 0.0638. The van der Waals surface area contributed by atoms with Crippen LogP contribution in [0.25, 0.3) is 0 Å². The van der Waals surface area contributed by atoms with Crippen LogP contribution in [-0.4, -0.2) is 66.1 Å². The van der Waals surface area contributed by atoms with Crippen molar-refractivity contribution < 1.29 is 9.53 Å². The molecule has 2 fully saturated rings. The van der Waals surface area contributed by atoms with Gasteiger partial charge in [0.2, 0.25) is 0 Å². The Balaban J connectivity index is 1.67. The smallest absolute Gasteiger partial charge is 0.273 e.